The SMILES string of the molecule is C=CCNC(=O)[C@H](CO)CC(=O)[C@H](OC)[C@H](O)[C@@H](O)[C@H](O)/C=C/C(C)(C)C. The van der Waals surface area contributed by atoms with E-state index in [0.717, 1.165) is 0 Å². The summed E-state index contributed by atoms with van der Waals surface area (Å²) in [7, 11) is 1.17. The molecule has 5 atom stereocenters. The third kappa shape index (κ3) is 9.25. The average Bonchev–Trinajstić information content (AvgIpc) is 2.61. The van der Waals surface area contributed by atoms with Gasteiger partial charge in [-0.15, -0.1) is 6.58 Å². The number of carbonyl (C=O) groups is 2. The second-order valence-corrected chi connectivity index (χ2v) is 7.44. The largest absolute Gasteiger partial charge is 0.396 e. The van der Waals surface area contributed by atoms with Gasteiger partial charge in [0.05, 0.1) is 12.5 Å². The van der Waals surface area contributed by atoms with E-state index < -0.39 is 55.1 Å². The summed E-state index contributed by atoms with van der Waals surface area (Å²) in [6.45, 7) is 8.76. The number of carbonyl (C=O) groups excluding carboxylic acids is 2. The van der Waals surface area contributed by atoms with E-state index in [0.29, 0.717) is 0 Å². The summed E-state index contributed by atoms with van der Waals surface area (Å²) in [5.41, 5.74) is -0.241. The van der Waals surface area contributed by atoms with Gasteiger partial charge in [0.25, 0.3) is 0 Å². The van der Waals surface area contributed by atoms with Gasteiger partial charge in [-0.3, -0.25) is 9.59 Å². The molecule has 0 aromatic heterocycles. The van der Waals surface area contributed by atoms with Crippen LogP contribution in [0.2, 0.25) is 0 Å². The van der Waals surface area contributed by atoms with Crippen LogP contribution in [0.25, 0.3) is 0 Å². The van der Waals surface area contributed by atoms with Crippen molar-refractivity contribution in [3.63, 3.8) is 0 Å². The van der Waals surface area contributed by atoms with Gasteiger partial charge in [-0.2, -0.15) is 0 Å². The Hall–Kier alpha value is -1.58. The molecule has 0 saturated heterocycles. The number of aliphatic hydroxyl groups excluding tert-OH is 4. The molecule has 0 heterocycles. The first-order chi connectivity index (χ1) is 12.5. The Morgan fingerprint density at radius 1 is 1.19 bits per heavy atom. The fourth-order valence-corrected chi connectivity index (χ4v) is 2.26. The van der Waals surface area contributed by atoms with Crippen molar-refractivity contribution in [2.75, 3.05) is 20.3 Å². The van der Waals surface area contributed by atoms with Gasteiger partial charge < -0.3 is 30.5 Å². The molecule has 0 radical (unpaired) electrons. The number of allylic oxidation sites excluding steroid dienone is 1. The molecule has 156 valence electrons. The van der Waals surface area contributed by atoms with Gasteiger partial charge in [-0.1, -0.05) is 39.0 Å². The molecular formula is C19H33NO7. The highest BCUT2D eigenvalue weighted by Crippen LogP contribution is 2.18. The number of methoxy groups -OCH3 is 1. The lowest BCUT2D eigenvalue weighted by Crippen LogP contribution is -2.49. The van der Waals surface area contributed by atoms with Crippen molar-refractivity contribution in [1.82, 2.24) is 5.32 Å². The highest BCUT2D eigenvalue weighted by Gasteiger charge is 2.36. The summed E-state index contributed by atoms with van der Waals surface area (Å²) < 4.78 is 4.97. The molecule has 0 spiro atoms. The fraction of sp³-hybridized carbons (Fsp3) is 0.684. The van der Waals surface area contributed by atoms with Crippen LogP contribution in [-0.4, -0.2) is 76.8 Å². The lowest BCUT2D eigenvalue weighted by Gasteiger charge is -2.28. The maximum atomic E-state index is 12.4. The topological polar surface area (TPSA) is 136 Å². The molecule has 0 fully saturated rings. The Bertz CT molecular complexity index is 513. The molecule has 1 amide bonds. The van der Waals surface area contributed by atoms with Crippen LogP contribution in [0, 0.1) is 11.3 Å². The van der Waals surface area contributed by atoms with Crippen LogP contribution >= 0.6 is 0 Å². The van der Waals surface area contributed by atoms with E-state index in [4.69, 9.17) is 4.74 Å². The standard InChI is InChI=1S/C19H33NO7/c1-6-9-20-18(26)12(11-21)10-14(23)17(27-5)16(25)15(24)13(22)7-8-19(2,3)4/h6-8,12-13,15-17,21-22,24-25H,1,9-11H2,2-5H3,(H,20,26)/b8-7+/t12-,13+,15-,16+,17-/m0/s1. The number of hydrogen-bond donors (Lipinski definition) is 5. The van der Waals surface area contributed by atoms with Crippen LogP contribution in [-0.2, 0) is 14.3 Å². The quantitative estimate of drug-likeness (QED) is 0.286. The molecule has 0 saturated carbocycles. The van der Waals surface area contributed by atoms with Crippen LogP contribution in [0.3, 0.4) is 0 Å². The number of nitrogens with one attached hydrogen (secondary N) is 1. The predicted molar refractivity (Wildman–Crippen MR) is 101 cm³/mol. The molecule has 5 N–H and O–H groups in total. The molecular weight excluding hydrogens is 354 g/mol. The molecule has 0 aliphatic carbocycles. The highest BCUT2D eigenvalue weighted by molar-refractivity contribution is 5.89. The third-order valence-electron chi connectivity index (χ3n) is 3.83. The first-order valence-electron chi connectivity index (χ1n) is 8.77. The Morgan fingerprint density at radius 3 is 2.22 bits per heavy atom. The summed E-state index contributed by atoms with van der Waals surface area (Å²) in [6, 6.07) is 0. The van der Waals surface area contributed by atoms with Gasteiger partial charge in [-0.05, 0) is 5.41 Å². The first kappa shape index (κ1) is 25.4. The molecule has 27 heavy (non-hydrogen) atoms. The van der Waals surface area contributed by atoms with Gasteiger partial charge in [0.1, 0.15) is 24.4 Å². The van der Waals surface area contributed by atoms with Crippen molar-refractivity contribution in [2.45, 2.75) is 51.6 Å². The summed E-state index contributed by atoms with van der Waals surface area (Å²) in [5, 5.41) is 42.2. The van der Waals surface area contributed by atoms with E-state index in [-0.39, 0.29) is 12.0 Å². The van der Waals surface area contributed by atoms with E-state index in [1.807, 2.05) is 20.8 Å². The highest BCUT2D eigenvalue weighted by atomic mass is 16.5. The molecule has 8 nitrogen and oxygen atoms in total. The van der Waals surface area contributed by atoms with E-state index >= 15 is 0 Å². The van der Waals surface area contributed by atoms with Gasteiger partial charge >= 0.3 is 0 Å². The Morgan fingerprint density at radius 2 is 1.78 bits per heavy atom. The van der Waals surface area contributed by atoms with E-state index in [9.17, 15) is 30.0 Å². The van der Waals surface area contributed by atoms with Crippen LogP contribution in [0.5, 0.6) is 0 Å². The number of ether oxygens (including phenoxy) is 1. The predicted octanol–water partition coefficient (Wildman–Crippen LogP) is -0.444. The number of rotatable bonds is 12. The second kappa shape index (κ2) is 12.0. The maximum absolute atomic E-state index is 12.4. The van der Waals surface area contributed by atoms with Crippen LogP contribution in [0.1, 0.15) is 27.2 Å². The van der Waals surface area contributed by atoms with Crippen molar-refractivity contribution in [3.05, 3.63) is 24.8 Å². The van der Waals surface area contributed by atoms with Crippen molar-refractivity contribution < 1.29 is 34.8 Å². The normalized spacial score (nSPS) is 17.8. The zero-order chi connectivity index (χ0) is 21.2. The monoisotopic (exact) mass is 387 g/mol. The van der Waals surface area contributed by atoms with Crippen LogP contribution < -0.4 is 5.32 Å². The van der Waals surface area contributed by atoms with Gasteiger partial charge in [-0.25, -0.2) is 0 Å². The van der Waals surface area contributed by atoms with E-state index in [2.05, 4.69) is 11.9 Å². The fourth-order valence-electron chi connectivity index (χ4n) is 2.26. The van der Waals surface area contributed by atoms with Gasteiger partial charge in [0.15, 0.2) is 5.78 Å². The molecule has 0 aliphatic rings. The van der Waals surface area contributed by atoms with Crippen molar-refractivity contribution >= 4 is 11.7 Å². The molecule has 0 rings (SSSR count). The third-order valence-corrected chi connectivity index (χ3v) is 3.83. The summed E-state index contributed by atoms with van der Waals surface area (Å²) in [6.07, 6.45) is -2.17. The second-order valence-electron chi connectivity index (χ2n) is 7.44. The molecule has 0 aliphatic heterocycles. The number of ketones is 1. The first-order valence-corrected chi connectivity index (χ1v) is 8.77. The van der Waals surface area contributed by atoms with Crippen LogP contribution in [0.4, 0.5) is 0 Å². The molecule has 0 bridgehead atoms. The molecule has 0 aromatic rings. The number of amides is 1. The zero-order valence-corrected chi connectivity index (χ0v) is 16.5. The molecule has 0 aromatic carbocycles. The smallest absolute Gasteiger partial charge is 0.226 e. The Balaban J connectivity index is 5.05. The minimum absolute atomic E-state index is 0.185. The van der Waals surface area contributed by atoms with Crippen LogP contribution in [0.15, 0.2) is 24.8 Å². The minimum atomic E-state index is -1.71. The van der Waals surface area contributed by atoms with Crippen molar-refractivity contribution in [3.8, 4) is 0 Å². The van der Waals surface area contributed by atoms with Gasteiger partial charge in [0, 0.05) is 20.1 Å². The van der Waals surface area contributed by atoms with Gasteiger partial charge in [0.2, 0.25) is 5.91 Å². The average molecular weight is 387 g/mol. The van der Waals surface area contributed by atoms with Crippen molar-refractivity contribution in [2.24, 2.45) is 11.3 Å². The summed E-state index contributed by atoms with van der Waals surface area (Å²) in [5.74, 6) is -2.24. The molecule has 8 heteroatoms. The lowest BCUT2D eigenvalue weighted by atomic mass is 9.91. The Kier molecular flexibility index (Phi) is 11.3. The van der Waals surface area contributed by atoms with E-state index in [1.54, 1.807) is 6.08 Å². The summed E-state index contributed by atoms with van der Waals surface area (Å²) in [4.78, 5) is 24.3. The Labute approximate surface area is 160 Å². The van der Waals surface area contributed by atoms with Crippen molar-refractivity contribution in [1.29, 1.82) is 0 Å². The minimum Gasteiger partial charge on any atom is -0.396 e. The van der Waals surface area contributed by atoms with E-state index in [1.165, 1.54) is 19.3 Å². The zero-order valence-electron chi connectivity index (χ0n) is 16.5. The lowest BCUT2D eigenvalue weighted by molar-refractivity contribution is -0.149. The number of Topliss-reactive ketones (excluding diaryl/α,β-unsaturated/α-hetero) is 1. The maximum Gasteiger partial charge on any atom is 0.226 e. The summed E-state index contributed by atoms with van der Waals surface area (Å²) >= 11 is 0. The number of aliphatic hydroxyl groups is 4. The molecule has 0 unspecified atom stereocenters. The number of hydrogen-bond acceptors (Lipinski definition) is 7.